The molecular weight excluding hydrogens is 145 g/mol. The molecule has 2 rings (SSSR count). The Hall–Kier alpha value is 0.350. The molecule has 2 nitrogen and oxygen atoms in total. The van der Waals surface area contributed by atoms with Crippen LogP contribution in [0.4, 0.5) is 0 Å². The van der Waals surface area contributed by atoms with Gasteiger partial charge in [0.2, 0.25) is 0 Å². The quantitative estimate of drug-likeness (QED) is 0.500. The Morgan fingerprint density at radius 1 is 1.60 bits per heavy atom. The lowest BCUT2D eigenvalue weighted by atomic mass is 10.1. The summed E-state index contributed by atoms with van der Waals surface area (Å²) in [6.07, 6.45) is 3.23. The number of hydrogen-bond donors (Lipinski definition) is 0. The van der Waals surface area contributed by atoms with Crippen molar-refractivity contribution in [1.29, 1.82) is 0 Å². The molecule has 0 aliphatic carbocycles. The summed E-state index contributed by atoms with van der Waals surface area (Å²) in [6, 6.07) is 0.760. The van der Waals surface area contributed by atoms with Gasteiger partial charge in [-0.25, -0.2) is 0 Å². The Bertz CT molecular complexity index is 128. The van der Waals surface area contributed by atoms with Gasteiger partial charge in [0.1, 0.15) is 8.30 Å². The van der Waals surface area contributed by atoms with Crippen LogP contribution >= 0.6 is 8.30 Å². The lowest BCUT2D eigenvalue weighted by molar-refractivity contribution is 0.232. The van der Waals surface area contributed by atoms with Crippen LogP contribution in [0.3, 0.4) is 0 Å². The first-order chi connectivity index (χ1) is 4.79. The molecule has 3 heteroatoms. The van der Waals surface area contributed by atoms with Crippen molar-refractivity contribution in [3.8, 4) is 0 Å². The average Bonchev–Trinajstić information content (AvgIpc) is 2.39. The maximum Gasteiger partial charge on any atom is 0.101 e. The van der Waals surface area contributed by atoms with Crippen molar-refractivity contribution in [3.63, 3.8) is 0 Å². The summed E-state index contributed by atoms with van der Waals surface area (Å²) in [5, 5.41) is 0. The molecule has 3 atom stereocenters. The maximum atomic E-state index is 5.72. The van der Waals surface area contributed by atoms with Crippen molar-refractivity contribution in [3.05, 3.63) is 0 Å². The number of fused-ring (bicyclic) bond motifs is 1. The smallest absolute Gasteiger partial charge is 0.101 e. The molecule has 0 aromatic rings. The van der Waals surface area contributed by atoms with E-state index in [1.54, 1.807) is 0 Å². The van der Waals surface area contributed by atoms with Crippen molar-refractivity contribution in [1.82, 2.24) is 4.67 Å². The lowest BCUT2D eigenvalue weighted by Gasteiger charge is -2.16. The van der Waals surface area contributed by atoms with Gasteiger partial charge in [0, 0.05) is 12.6 Å². The molecule has 1 unspecified atom stereocenters. The molecule has 2 heterocycles. The number of hydrogen-bond acceptors (Lipinski definition) is 2. The first-order valence-corrected chi connectivity index (χ1v) is 5.62. The molecule has 0 spiro atoms. The zero-order chi connectivity index (χ0) is 7.14. The molecule has 0 aromatic carbocycles. The van der Waals surface area contributed by atoms with Gasteiger partial charge in [-0.2, -0.15) is 0 Å². The first-order valence-electron chi connectivity index (χ1n) is 3.96. The normalized spacial score (nSPS) is 48.0. The van der Waals surface area contributed by atoms with E-state index < -0.39 is 0 Å². The summed E-state index contributed by atoms with van der Waals surface area (Å²) in [7, 11) is -0.211. The van der Waals surface area contributed by atoms with Crippen molar-refractivity contribution in [2.45, 2.75) is 31.9 Å². The zero-order valence-corrected chi connectivity index (χ0v) is 7.47. The summed E-state index contributed by atoms with van der Waals surface area (Å²) in [6.45, 7) is 5.70. The van der Waals surface area contributed by atoms with Gasteiger partial charge in [-0.05, 0) is 26.4 Å². The van der Waals surface area contributed by atoms with E-state index in [4.69, 9.17) is 4.52 Å². The van der Waals surface area contributed by atoms with E-state index >= 15 is 0 Å². The van der Waals surface area contributed by atoms with Crippen LogP contribution in [0.2, 0.25) is 0 Å². The van der Waals surface area contributed by atoms with Crippen LogP contribution in [0.25, 0.3) is 0 Å². The van der Waals surface area contributed by atoms with E-state index in [2.05, 4.69) is 18.3 Å². The standard InChI is InChI=1S/C7H14NOP/c1-6-7-4-3-5-8(7)10(2)9-6/h6-7H,3-5H2,1-2H3/t6-,7-,10?/m1/s1. The van der Waals surface area contributed by atoms with E-state index in [1.807, 2.05) is 0 Å². The topological polar surface area (TPSA) is 12.5 Å². The summed E-state index contributed by atoms with van der Waals surface area (Å²) in [4.78, 5) is 0. The Labute approximate surface area is 63.4 Å². The fourth-order valence-corrected chi connectivity index (χ4v) is 3.86. The minimum absolute atomic E-state index is 0.211. The van der Waals surface area contributed by atoms with Gasteiger partial charge in [0.05, 0.1) is 6.10 Å². The highest BCUT2D eigenvalue weighted by Crippen LogP contribution is 2.51. The Morgan fingerprint density at radius 2 is 2.40 bits per heavy atom. The highest BCUT2D eigenvalue weighted by Gasteiger charge is 2.40. The van der Waals surface area contributed by atoms with Crippen LogP contribution in [-0.2, 0) is 4.52 Å². The molecule has 0 aromatic heterocycles. The maximum absolute atomic E-state index is 5.72. The molecule has 58 valence electrons. The lowest BCUT2D eigenvalue weighted by Crippen LogP contribution is -2.25. The number of rotatable bonds is 0. The van der Waals surface area contributed by atoms with Crippen molar-refractivity contribution in [2.24, 2.45) is 0 Å². The van der Waals surface area contributed by atoms with Gasteiger partial charge in [0.15, 0.2) is 0 Å². The van der Waals surface area contributed by atoms with E-state index in [1.165, 1.54) is 19.4 Å². The van der Waals surface area contributed by atoms with Gasteiger partial charge in [0.25, 0.3) is 0 Å². The summed E-state index contributed by atoms with van der Waals surface area (Å²) < 4.78 is 8.26. The van der Waals surface area contributed by atoms with Gasteiger partial charge < -0.3 is 4.52 Å². The third kappa shape index (κ3) is 0.903. The third-order valence-corrected chi connectivity index (χ3v) is 4.35. The largest absolute Gasteiger partial charge is 0.339 e. The molecule has 2 saturated heterocycles. The zero-order valence-electron chi connectivity index (χ0n) is 6.58. The summed E-state index contributed by atoms with van der Waals surface area (Å²) in [5.74, 6) is 0. The highest BCUT2D eigenvalue weighted by molar-refractivity contribution is 7.49. The van der Waals surface area contributed by atoms with Crippen LogP contribution in [0.1, 0.15) is 19.8 Å². The minimum atomic E-state index is -0.211. The van der Waals surface area contributed by atoms with Gasteiger partial charge in [-0.3, -0.25) is 4.67 Å². The van der Waals surface area contributed by atoms with Crippen LogP contribution in [0.15, 0.2) is 0 Å². The molecule has 2 fully saturated rings. The molecule has 0 N–H and O–H groups in total. The van der Waals surface area contributed by atoms with E-state index in [9.17, 15) is 0 Å². The predicted molar refractivity (Wildman–Crippen MR) is 43.1 cm³/mol. The Morgan fingerprint density at radius 3 is 3.10 bits per heavy atom. The third-order valence-electron chi connectivity index (χ3n) is 2.49. The van der Waals surface area contributed by atoms with Crippen LogP contribution in [0.5, 0.6) is 0 Å². The van der Waals surface area contributed by atoms with Gasteiger partial charge in [-0.15, -0.1) is 0 Å². The molecule has 10 heavy (non-hydrogen) atoms. The SMILES string of the molecule is C[C@H]1OP(C)N2CCC[C@H]12. The second-order valence-electron chi connectivity index (χ2n) is 3.15. The monoisotopic (exact) mass is 159 g/mol. The highest BCUT2D eigenvalue weighted by atomic mass is 31.2. The molecule has 0 saturated carbocycles. The Balaban J connectivity index is 2.11. The Kier molecular flexibility index (Phi) is 1.71. The van der Waals surface area contributed by atoms with E-state index in [0.717, 1.165) is 6.04 Å². The molecular formula is C7H14NOP. The molecule has 2 aliphatic heterocycles. The molecule has 2 aliphatic rings. The molecule has 0 bridgehead atoms. The van der Waals surface area contributed by atoms with Crippen LogP contribution in [-0.4, -0.2) is 30.0 Å². The number of nitrogens with zero attached hydrogens (tertiary/aromatic N) is 1. The van der Waals surface area contributed by atoms with E-state index in [-0.39, 0.29) is 8.30 Å². The summed E-state index contributed by atoms with van der Waals surface area (Å²) >= 11 is 0. The van der Waals surface area contributed by atoms with Crippen molar-refractivity contribution in [2.75, 3.05) is 13.2 Å². The fraction of sp³-hybridized carbons (Fsp3) is 1.00. The first kappa shape index (κ1) is 7.02. The van der Waals surface area contributed by atoms with Gasteiger partial charge in [-0.1, -0.05) is 0 Å². The average molecular weight is 159 g/mol. The fourth-order valence-electron chi connectivity index (χ4n) is 1.98. The minimum Gasteiger partial charge on any atom is -0.339 e. The van der Waals surface area contributed by atoms with Crippen molar-refractivity contribution < 1.29 is 4.52 Å². The predicted octanol–water partition coefficient (Wildman–Crippen LogP) is 1.81. The van der Waals surface area contributed by atoms with Crippen LogP contribution in [0, 0.1) is 0 Å². The molecule has 0 amide bonds. The second kappa shape index (κ2) is 2.44. The summed E-state index contributed by atoms with van der Waals surface area (Å²) in [5.41, 5.74) is 0. The second-order valence-corrected chi connectivity index (χ2v) is 4.80. The van der Waals surface area contributed by atoms with E-state index in [0.29, 0.717) is 6.10 Å². The van der Waals surface area contributed by atoms with Crippen molar-refractivity contribution >= 4 is 8.30 Å². The van der Waals surface area contributed by atoms with Crippen LogP contribution < -0.4 is 0 Å². The van der Waals surface area contributed by atoms with Gasteiger partial charge >= 0.3 is 0 Å². The molecule has 0 radical (unpaired) electrons.